The van der Waals surface area contributed by atoms with Gasteiger partial charge in [0.1, 0.15) is 11.0 Å². The summed E-state index contributed by atoms with van der Waals surface area (Å²) in [6.07, 6.45) is -0.467. The number of carbonyl (C=O) groups excluding carboxylic acids is 2. The van der Waals surface area contributed by atoms with E-state index in [0.29, 0.717) is 0 Å². The molecule has 1 rings (SSSR count). The van der Waals surface area contributed by atoms with Crippen molar-refractivity contribution < 1.29 is 23.3 Å². The summed E-state index contributed by atoms with van der Waals surface area (Å²) in [6.45, 7) is 13.0. The Hall–Kier alpha value is -1.15. The fraction of sp³-hybridized carbons (Fsp3) is 0.875. The number of nitrogens with zero attached hydrogens (tertiary/aromatic N) is 1. The van der Waals surface area contributed by atoms with Crippen LogP contribution in [0.3, 0.4) is 0 Å². The normalized spacial score (nSPS) is 19.9. The average Bonchev–Trinajstić information content (AvgIpc) is 2.33. The summed E-state index contributed by atoms with van der Waals surface area (Å²) in [5.41, 5.74) is -1.52. The van der Waals surface area contributed by atoms with E-state index in [4.69, 9.17) is 9.47 Å². The molecule has 1 unspecified atom stereocenters. The van der Waals surface area contributed by atoms with Gasteiger partial charge in [-0.05, 0) is 48.5 Å². The van der Waals surface area contributed by atoms with Crippen LogP contribution in [-0.4, -0.2) is 57.8 Å². The monoisotopic (exact) mass is 362 g/mol. The summed E-state index contributed by atoms with van der Waals surface area (Å²) in [5, 5.41) is 0. The van der Waals surface area contributed by atoms with E-state index in [-0.39, 0.29) is 13.1 Å². The van der Waals surface area contributed by atoms with Crippen molar-refractivity contribution in [2.24, 2.45) is 5.41 Å². The van der Waals surface area contributed by atoms with Gasteiger partial charge in [-0.25, -0.2) is 13.7 Å². The fourth-order valence-electron chi connectivity index (χ4n) is 2.32. The van der Waals surface area contributed by atoms with Crippen molar-refractivity contribution in [1.82, 2.24) is 9.62 Å². The molecule has 0 saturated carbocycles. The first-order valence-electron chi connectivity index (χ1n) is 7.97. The van der Waals surface area contributed by atoms with Gasteiger partial charge in [-0.2, -0.15) is 0 Å². The molecule has 24 heavy (non-hydrogen) atoms. The molecule has 7 nitrogen and oxygen atoms in total. The van der Waals surface area contributed by atoms with Crippen LogP contribution in [-0.2, 0) is 25.3 Å². The molecule has 2 atom stereocenters. The van der Waals surface area contributed by atoms with Crippen LogP contribution >= 0.6 is 0 Å². The fourth-order valence-corrected chi connectivity index (χ4v) is 3.22. The van der Waals surface area contributed by atoms with Crippen molar-refractivity contribution in [3.8, 4) is 0 Å². The number of amides is 1. The van der Waals surface area contributed by atoms with Gasteiger partial charge in [-0.3, -0.25) is 4.79 Å². The Labute approximate surface area is 147 Å². The second kappa shape index (κ2) is 7.00. The van der Waals surface area contributed by atoms with E-state index < -0.39 is 44.9 Å². The van der Waals surface area contributed by atoms with E-state index >= 15 is 0 Å². The number of nitrogens with one attached hydrogen (secondary N) is 1. The molecule has 8 heteroatoms. The van der Waals surface area contributed by atoms with Gasteiger partial charge in [-0.15, -0.1) is 0 Å². The first kappa shape index (κ1) is 20.9. The number of methoxy groups -OCH3 is 1. The molecule has 1 heterocycles. The maximum Gasteiger partial charge on any atom is 0.410 e. The lowest BCUT2D eigenvalue weighted by Gasteiger charge is -2.50. The summed E-state index contributed by atoms with van der Waals surface area (Å²) < 4.78 is 25.1. The zero-order valence-corrected chi connectivity index (χ0v) is 16.7. The van der Waals surface area contributed by atoms with Crippen molar-refractivity contribution in [2.75, 3.05) is 20.2 Å². The van der Waals surface area contributed by atoms with Crippen LogP contribution in [0.15, 0.2) is 0 Å². The van der Waals surface area contributed by atoms with Crippen LogP contribution in [0.2, 0.25) is 0 Å². The Morgan fingerprint density at radius 1 is 1.17 bits per heavy atom. The number of esters is 1. The summed E-state index contributed by atoms with van der Waals surface area (Å²) in [5.74, 6) is -0.423. The quantitative estimate of drug-likeness (QED) is 0.771. The van der Waals surface area contributed by atoms with E-state index in [1.807, 2.05) is 20.8 Å². The highest BCUT2D eigenvalue weighted by molar-refractivity contribution is 7.84. The van der Waals surface area contributed by atoms with Crippen LogP contribution in [0.4, 0.5) is 4.79 Å². The molecule has 0 spiro atoms. The van der Waals surface area contributed by atoms with Gasteiger partial charge in [0, 0.05) is 19.1 Å². The van der Waals surface area contributed by atoms with Crippen LogP contribution in [0.25, 0.3) is 0 Å². The van der Waals surface area contributed by atoms with Gasteiger partial charge >= 0.3 is 12.1 Å². The van der Waals surface area contributed by atoms with Gasteiger partial charge in [0.05, 0.1) is 22.8 Å². The molecule has 0 radical (unpaired) electrons. The number of carbonyl (C=O) groups is 2. The zero-order chi connectivity index (χ0) is 18.9. The highest BCUT2D eigenvalue weighted by atomic mass is 32.2. The van der Waals surface area contributed by atoms with Crippen molar-refractivity contribution in [2.45, 2.75) is 64.9 Å². The van der Waals surface area contributed by atoms with E-state index in [0.717, 1.165) is 0 Å². The molecule has 1 fully saturated rings. The lowest BCUT2D eigenvalue weighted by atomic mass is 9.74. The zero-order valence-electron chi connectivity index (χ0n) is 15.9. The number of likely N-dealkylation sites (tertiary alicyclic amines) is 1. The lowest BCUT2D eigenvalue weighted by molar-refractivity contribution is -0.165. The Balaban J connectivity index is 2.84. The maximum absolute atomic E-state index is 12.3. The molecule has 140 valence electrons. The molecule has 1 aliphatic heterocycles. The van der Waals surface area contributed by atoms with Crippen molar-refractivity contribution in [3.05, 3.63) is 0 Å². The predicted octanol–water partition coefficient (Wildman–Crippen LogP) is 1.84. The second-order valence-electron chi connectivity index (χ2n) is 8.20. The van der Waals surface area contributed by atoms with E-state index in [1.54, 1.807) is 27.7 Å². The third-order valence-corrected chi connectivity index (χ3v) is 5.54. The van der Waals surface area contributed by atoms with Crippen LogP contribution in [0, 0.1) is 5.41 Å². The van der Waals surface area contributed by atoms with E-state index in [2.05, 4.69) is 4.72 Å². The highest BCUT2D eigenvalue weighted by Crippen LogP contribution is 2.37. The molecule has 1 amide bonds. The van der Waals surface area contributed by atoms with Gasteiger partial charge in [0.25, 0.3) is 0 Å². The van der Waals surface area contributed by atoms with Gasteiger partial charge in [0.15, 0.2) is 0 Å². The lowest BCUT2D eigenvalue weighted by Crippen LogP contribution is -2.70. The standard InChI is InChI=1S/C16H30N2O5S/c1-11(17-24(21)15(5,6)7)16(12(19)22-8)9-18(10-16)13(20)23-14(2,3)4/h11,17H,9-10H2,1-8H3/t11-,24?/m1/s1. The molecule has 0 aliphatic carbocycles. The predicted molar refractivity (Wildman–Crippen MR) is 92.7 cm³/mol. The summed E-state index contributed by atoms with van der Waals surface area (Å²) in [7, 11) is -0.0173. The molecule has 1 N–H and O–H groups in total. The van der Waals surface area contributed by atoms with Crippen LogP contribution < -0.4 is 4.72 Å². The minimum absolute atomic E-state index is 0.171. The van der Waals surface area contributed by atoms with Gasteiger partial charge in [0.2, 0.25) is 0 Å². The summed E-state index contributed by atoms with van der Waals surface area (Å²) in [4.78, 5) is 25.9. The molecule has 1 aliphatic rings. The van der Waals surface area contributed by atoms with Gasteiger partial charge in [-0.1, -0.05) is 0 Å². The van der Waals surface area contributed by atoms with E-state index in [1.165, 1.54) is 12.0 Å². The Kier molecular flexibility index (Phi) is 6.09. The Morgan fingerprint density at radius 3 is 2.04 bits per heavy atom. The summed E-state index contributed by atoms with van der Waals surface area (Å²) >= 11 is 0. The Bertz CT molecular complexity index is 516. The van der Waals surface area contributed by atoms with Crippen molar-refractivity contribution in [1.29, 1.82) is 0 Å². The number of ether oxygens (including phenoxy) is 2. The average molecular weight is 362 g/mol. The van der Waals surface area contributed by atoms with Crippen molar-refractivity contribution >= 4 is 23.0 Å². The topological polar surface area (TPSA) is 84.9 Å². The Morgan fingerprint density at radius 2 is 1.67 bits per heavy atom. The number of hydrogen-bond donors (Lipinski definition) is 1. The minimum atomic E-state index is -1.33. The van der Waals surface area contributed by atoms with Gasteiger partial charge < -0.3 is 14.4 Å². The maximum atomic E-state index is 12.3. The SMILES string of the molecule is COC(=O)C1([C@@H](C)NS(=O)C(C)(C)C)CN(C(=O)OC(C)(C)C)C1. The molecular weight excluding hydrogens is 332 g/mol. The van der Waals surface area contributed by atoms with Crippen molar-refractivity contribution in [3.63, 3.8) is 0 Å². The molecule has 0 aromatic carbocycles. The molecular formula is C16H30N2O5S. The second-order valence-corrected chi connectivity index (χ2v) is 10.2. The van der Waals surface area contributed by atoms with E-state index in [9.17, 15) is 13.8 Å². The number of rotatable bonds is 4. The minimum Gasteiger partial charge on any atom is -0.468 e. The third-order valence-electron chi connectivity index (χ3n) is 3.86. The largest absolute Gasteiger partial charge is 0.468 e. The van der Waals surface area contributed by atoms with Crippen LogP contribution in [0.1, 0.15) is 48.5 Å². The van der Waals surface area contributed by atoms with Crippen LogP contribution in [0.5, 0.6) is 0 Å². The molecule has 0 bridgehead atoms. The third kappa shape index (κ3) is 4.69. The molecule has 0 aromatic rings. The smallest absolute Gasteiger partial charge is 0.410 e. The summed E-state index contributed by atoms with van der Waals surface area (Å²) in [6, 6.07) is -0.413. The highest BCUT2D eigenvalue weighted by Gasteiger charge is 2.57. The molecule has 1 saturated heterocycles. The first-order chi connectivity index (χ1) is 10.7. The number of hydrogen-bond acceptors (Lipinski definition) is 5. The first-order valence-corrected chi connectivity index (χ1v) is 9.12. The molecule has 0 aromatic heterocycles.